The van der Waals surface area contributed by atoms with Crippen LogP contribution >= 0.6 is 0 Å². The molecule has 0 fully saturated rings. The Balaban J connectivity index is 2.04. The molecule has 0 bridgehead atoms. The lowest BCUT2D eigenvalue weighted by atomic mass is 9.76. The Hall–Kier alpha value is -2.29. The van der Waals surface area contributed by atoms with Crippen LogP contribution in [0.1, 0.15) is 31.0 Å². The highest BCUT2D eigenvalue weighted by Crippen LogP contribution is 2.43. The van der Waals surface area contributed by atoms with E-state index in [0.717, 1.165) is 16.9 Å². The van der Waals surface area contributed by atoms with Gasteiger partial charge >= 0.3 is 0 Å². The molecule has 2 N–H and O–H groups in total. The minimum atomic E-state index is -0.516. The van der Waals surface area contributed by atoms with E-state index in [0.29, 0.717) is 0 Å². The molecule has 2 aromatic carbocycles. The first-order valence-electron chi connectivity index (χ1n) is 7.22. The molecular formula is C18H20N2O. The minimum Gasteiger partial charge on any atom is -0.377 e. The number of nitrogens with one attached hydrogen (secondary N) is 2. The fourth-order valence-corrected chi connectivity index (χ4v) is 2.83. The van der Waals surface area contributed by atoms with Crippen LogP contribution in [0, 0.1) is 12.3 Å². The molecule has 1 aliphatic heterocycles. The van der Waals surface area contributed by atoms with E-state index < -0.39 is 5.41 Å². The topological polar surface area (TPSA) is 41.1 Å². The lowest BCUT2D eigenvalue weighted by Gasteiger charge is -2.39. The molecule has 1 heterocycles. The van der Waals surface area contributed by atoms with Gasteiger partial charge in [-0.2, -0.15) is 0 Å². The first kappa shape index (κ1) is 13.7. The number of carbonyl (C=O) groups excluding carboxylic acids is 1. The highest BCUT2D eigenvalue weighted by Gasteiger charge is 2.42. The zero-order valence-electron chi connectivity index (χ0n) is 12.6. The summed E-state index contributed by atoms with van der Waals surface area (Å²) >= 11 is 0. The molecular weight excluding hydrogens is 260 g/mol. The highest BCUT2D eigenvalue weighted by molar-refractivity contribution is 5.99. The maximum Gasteiger partial charge on any atom is 0.232 e. The van der Waals surface area contributed by atoms with E-state index >= 15 is 0 Å². The van der Waals surface area contributed by atoms with E-state index in [9.17, 15) is 4.79 Å². The summed E-state index contributed by atoms with van der Waals surface area (Å²) in [5.74, 6) is 0.0475. The largest absolute Gasteiger partial charge is 0.377 e. The second-order valence-electron chi connectivity index (χ2n) is 6.21. The zero-order valence-corrected chi connectivity index (χ0v) is 12.6. The zero-order chi connectivity index (χ0) is 15.0. The Morgan fingerprint density at radius 1 is 1.10 bits per heavy atom. The van der Waals surface area contributed by atoms with Gasteiger partial charge in [-0.05, 0) is 50.1 Å². The molecule has 0 saturated heterocycles. The number of para-hydroxylation sites is 1. The van der Waals surface area contributed by atoms with E-state index in [1.165, 1.54) is 5.56 Å². The SMILES string of the molecule is Cc1cccc(NC2c3ccccc3NC(=O)C2(C)C)c1. The van der Waals surface area contributed by atoms with Crippen molar-refractivity contribution in [1.29, 1.82) is 0 Å². The summed E-state index contributed by atoms with van der Waals surface area (Å²) in [6, 6.07) is 16.2. The van der Waals surface area contributed by atoms with Crippen molar-refractivity contribution in [3.8, 4) is 0 Å². The monoisotopic (exact) mass is 280 g/mol. The van der Waals surface area contributed by atoms with Gasteiger partial charge in [-0.15, -0.1) is 0 Å². The molecule has 3 nitrogen and oxygen atoms in total. The van der Waals surface area contributed by atoms with E-state index in [-0.39, 0.29) is 11.9 Å². The van der Waals surface area contributed by atoms with Crippen LogP contribution in [-0.4, -0.2) is 5.91 Å². The van der Waals surface area contributed by atoms with Crippen molar-refractivity contribution in [2.24, 2.45) is 5.41 Å². The number of hydrogen-bond acceptors (Lipinski definition) is 2. The van der Waals surface area contributed by atoms with Gasteiger partial charge in [0.25, 0.3) is 0 Å². The highest BCUT2D eigenvalue weighted by atomic mass is 16.2. The molecule has 0 spiro atoms. The second kappa shape index (κ2) is 4.92. The molecule has 3 rings (SSSR count). The maximum absolute atomic E-state index is 12.4. The first-order chi connectivity index (χ1) is 9.98. The normalized spacial score (nSPS) is 19.6. The third kappa shape index (κ3) is 2.40. The fraction of sp³-hybridized carbons (Fsp3) is 0.278. The lowest BCUT2D eigenvalue weighted by molar-refractivity contribution is -0.125. The Bertz CT molecular complexity index is 691. The van der Waals surface area contributed by atoms with Crippen LogP contribution < -0.4 is 10.6 Å². The lowest BCUT2D eigenvalue weighted by Crippen LogP contribution is -2.43. The van der Waals surface area contributed by atoms with Crippen LogP contribution in [0.25, 0.3) is 0 Å². The summed E-state index contributed by atoms with van der Waals surface area (Å²) < 4.78 is 0. The number of benzene rings is 2. The van der Waals surface area contributed by atoms with Crippen molar-refractivity contribution < 1.29 is 4.79 Å². The predicted molar refractivity (Wildman–Crippen MR) is 86.4 cm³/mol. The van der Waals surface area contributed by atoms with Gasteiger partial charge in [-0.1, -0.05) is 30.3 Å². The molecule has 21 heavy (non-hydrogen) atoms. The van der Waals surface area contributed by atoms with Crippen LogP contribution in [-0.2, 0) is 4.79 Å². The van der Waals surface area contributed by atoms with Crippen molar-refractivity contribution in [2.75, 3.05) is 10.6 Å². The third-order valence-electron chi connectivity index (χ3n) is 4.16. The number of fused-ring (bicyclic) bond motifs is 1. The average molecular weight is 280 g/mol. The van der Waals surface area contributed by atoms with Crippen molar-refractivity contribution in [1.82, 2.24) is 0 Å². The van der Waals surface area contributed by atoms with Gasteiger partial charge in [0.1, 0.15) is 0 Å². The smallest absolute Gasteiger partial charge is 0.232 e. The van der Waals surface area contributed by atoms with Gasteiger partial charge in [-0.25, -0.2) is 0 Å². The second-order valence-corrected chi connectivity index (χ2v) is 6.21. The van der Waals surface area contributed by atoms with Gasteiger partial charge in [0.15, 0.2) is 0 Å². The summed E-state index contributed by atoms with van der Waals surface area (Å²) in [7, 11) is 0. The summed E-state index contributed by atoms with van der Waals surface area (Å²) in [5.41, 5.74) is 3.75. The van der Waals surface area contributed by atoms with Crippen LogP contribution in [0.15, 0.2) is 48.5 Å². The Kier molecular flexibility index (Phi) is 3.20. The fourth-order valence-electron chi connectivity index (χ4n) is 2.83. The third-order valence-corrected chi connectivity index (χ3v) is 4.16. The Labute approximate surface area is 125 Å². The van der Waals surface area contributed by atoms with Gasteiger partial charge < -0.3 is 10.6 Å². The van der Waals surface area contributed by atoms with Gasteiger partial charge in [-0.3, -0.25) is 4.79 Å². The number of hydrogen-bond donors (Lipinski definition) is 2. The Morgan fingerprint density at radius 2 is 1.86 bits per heavy atom. The molecule has 1 unspecified atom stereocenters. The quantitative estimate of drug-likeness (QED) is 0.868. The van der Waals surface area contributed by atoms with Crippen LogP contribution in [0.2, 0.25) is 0 Å². The number of aryl methyl sites for hydroxylation is 1. The molecule has 3 heteroatoms. The molecule has 108 valence electrons. The van der Waals surface area contributed by atoms with Gasteiger partial charge in [0.05, 0.1) is 11.5 Å². The van der Waals surface area contributed by atoms with Crippen molar-refractivity contribution >= 4 is 17.3 Å². The molecule has 1 aliphatic rings. The first-order valence-corrected chi connectivity index (χ1v) is 7.22. The summed E-state index contributed by atoms with van der Waals surface area (Å²) in [4.78, 5) is 12.4. The van der Waals surface area contributed by atoms with Crippen molar-refractivity contribution in [3.63, 3.8) is 0 Å². The van der Waals surface area contributed by atoms with Gasteiger partial charge in [0.2, 0.25) is 5.91 Å². The molecule has 1 atom stereocenters. The maximum atomic E-state index is 12.4. The standard InChI is InChI=1S/C18H20N2O/c1-12-7-6-8-13(11-12)19-16-14-9-4-5-10-15(14)20-17(21)18(16,2)3/h4-11,16,19H,1-3H3,(H,20,21). The van der Waals surface area contributed by atoms with E-state index in [4.69, 9.17) is 0 Å². The molecule has 2 aromatic rings. The number of carbonyl (C=O) groups is 1. The van der Waals surface area contributed by atoms with E-state index in [1.807, 2.05) is 44.2 Å². The molecule has 0 radical (unpaired) electrons. The Morgan fingerprint density at radius 3 is 2.62 bits per heavy atom. The minimum absolute atomic E-state index is 0.0475. The molecule has 0 aliphatic carbocycles. The van der Waals surface area contributed by atoms with Crippen LogP contribution in [0.5, 0.6) is 0 Å². The molecule has 1 amide bonds. The average Bonchev–Trinajstić information content (AvgIpc) is 2.44. The summed E-state index contributed by atoms with van der Waals surface area (Å²) in [6.07, 6.45) is 0. The number of anilines is 2. The summed E-state index contributed by atoms with van der Waals surface area (Å²) in [6.45, 7) is 6.02. The van der Waals surface area contributed by atoms with E-state index in [2.05, 4.69) is 35.8 Å². The summed E-state index contributed by atoms with van der Waals surface area (Å²) in [5, 5.41) is 6.54. The number of rotatable bonds is 2. The van der Waals surface area contributed by atoms with Gasteiger partial charge in [0, 0.05) is 11.4 Å². The van der Waals surface area contributed by atoms with Crippen LogP contribution in [0.3, 0.4) is 0 Å². The number of amides is 1. The van der Waals surface area contributed by atoms with Crippen molar-refractivity contribution in [3.05, 3.63) is 59.7 Å². The molecule has 0 aromatic heterocycles. The van der Waals surface area contributed by atoms with E-state index in [1.54, 1.807) is 0 Å². The molecule has 0 saturated carbocycles. The van der Waals surface area contributed by atoms with Crippen molar-refractivity contribution in [2.45, 2.75) is 26.8 Å². The predicted octanol–water partition coefficient (Wildman–Crippen LogP) is 4.13. The van der Waals surface area contributed by atoms with Crippen LogP contribution in [0.4, 0.5) is 11.4 Å².